The average molecular weight is 342 g/mol. The molecule has 3 rings (SSSR count). The van der Waals surface area contributed by atoms with E-state index >= 15 is 0 Å². The van der Waals surface area contributed by atoms with Crippen LogP contribution in [0.4, 0.5) is 0 Å². The lowest BCUT2D eigenvalue weighted by atomic mass is 9.86. The summed E-state index contributed by atoms with van der Waals surface area (Å²) in [4.78, 5) is 25.0. The van der Waals surface area contributed by atoms with Crippen LogP contribution in [0.15, 0.2) is 27.2 Å². The Morgan fingerprint density at radius 2 is 2.16 bits per heavy atom. The van der Waals surface area contributed by atoms with Crippen molar-refractivity contribution < 1.29 is 14.3 Å². The molecule has 0 fully saturated rings. The Morgan fingerprint density at radius 1 is 1.42 bits per heavy atom. The number of hydrogen-bond donors (Lipinski definition) is 1. The maximum atomic E-state index is 12.1. The van der Waals surface area contributed by atoms with Crippen LogP contribution in [0, 0.1) is 0 Å². The van der Waals surface area contributed by atoms with Gasteiger partial charge < -0.3 is 10.1 Å². The number of rotatable bonds is 1. The summed E-state index contributed by atoms with van der Waals surface area (Å²) < 4.78 is 6.36. The standard InChI is InChI=1S/C13H12BrNO3S/c1-13(2)11-10(12(17)18-13)6(5-9(16)15-11)7-3-4-8(14)19-7/h3-4,6H,5H2,1-2H3,(H,15,16)/t6-/m1/s1. The molecule has 1 aromatic rings. The van der Waals surface area contributed by atoms with Crippen molar-refractivity contribution in [1.82, 2.24) is 5.32 Å². The van der Waals surface area contributed by atoms with Crippen molar-refractivity contribution in [2.45, 2.75) is 31.8 Å². The molecule has 2 aliphatic rings. The van der Waals surface area contributed by atoms with Gasteiger partial charge in [-0.3, -0.25) is 4.79 Å². The van der Waals surface area contributed by atoms with Crippen LogP contribution in [0.3, 0.4) is 0 Å². The zero-order valence-electron chi connectivity index (χ0n) is 10.5. The first-order chi connectivity index (χ1) is 8.88. The number of carbonyl (C=O) groups is 2. The van der Waals surface area contributed by atoms with Crippen molar-refractivity contribution in [2.24, 2.45) is 0 Å². The zero-order valence-corrected chi connectivity index (χ0v) is 12.9. The van der Waals surface area contributed by atoms with Gasteiger partial charge in [0.25, 0.3) is 0 Å². The fourth-order valence-electron chi connectivity index (χ4n) is 2.53. The summed E-state index contributed by atoms with van der Waals surface area (Å²) in [5.74, 6) is -0.594. The fraction of sp³-hybridized carbons (Fsp3) is 0.385. The Hall–Kier alpha value is -1.14. The second kappa shape index (κ2) is 4.18. The van der Waals surface area contributed by atoms with Crippen LogP contribution in [0.1, 0.15) is 31.1 Å². The largest absolute Gasteiger partial charge is 0.450 e. The highest BCUT2D eigenvalue weighted by molar-refractivity contribution is 9.11. The molecule has 3 heterocycles. The van der Waals surface area contributed by atoms with E-state index in [1.54, 1.807) is 25.2 Å². The number of halogens is 1. The number of hydrogen-bond acceptors (Lipinski definition) is 4. The van der Waals surface area contributed by atoms with Gasteiger partial charge >= 0.3 is 5.97 Å². The number of esters is 1. The average Bonchev–Trinajstić information content (AvgIpc) is 2.81. The van der Waals surface area contributed by atoms with Crippen molar-refractivity contribution >= 4 is 39.1 Å². The molecule has 0 spiro atoms. The van der Waals surface area contributed by atoms with Crippen LogP contribution < -0.4 is 5.32 Å². The highest BCUT2D eigenvalue weighted by Crippen LogP contribution is 2.44. The van der Waals surface area contributed by atoms with Gasteiger partial charge in [0, 0.05) is 17.2 Å². The van der Waals surface area contributed by atoms with E-state index in [-0.39, 0.29) is 24.2 Å². The Kier molecular flexibility index (Phi) is 2.83. The van der Waals surface area contributed by atoms with E-state index < -0.39 is 5.60 Å². The van der Waals surface area contributed by atoms with Crippen LogP contribution in [0.25, 0.3) is 0 Å². The highest BCUT2D eigenvalue weighted by atomic mass is 79.9. The molecule has 0 aromatic carbocycles. The van der Waals surface area contributed by atoms with Gasteiger partial charge in [0.1, 0.15) is 5.60 Å². The number of thiophene rings is 1. The molecule has 0 saturated carbocycles. The normalized spacial score (nSPS) is 25.1. The van der Waals surface area contributed by atoms with E-state index in [0.29, 0.717) is 11.3 Å². The molecule has 0 unspecified atom stereocenters. The van der Waals surface area contributed by atoms with Crippen molar-refractivity contribution in [3.05, 3.63) is 32.1 Å². The minimum atomic E-state index is -0.755. The van der Waals surface area contributed by atoms with E-state index in [2.05, 4.69) is 21.2 Å². The maximum absolute atomic E-state index is 12.1. The van der Waals surface area contributed by atoms with Gasteiger partial charge in [-0.1, -0.05) is 0 Å². The fourth-order valence-corrected chi connectivity index (χ4v) is 4.07. The lowest BCUT2D eigenvalue weighted by Gasteiger charge is -2.26. The van der Waals surface area contributed by atoms with E-state index in [9.17, 15) is 9.59 Å². The molecule has 0 aliphatic carbocycles. The summed E-state index contributed by atoms with van der Waals surface area (Å²) in [5.41, 5.74) is 0.456. The van der Waals surface area contributed by atoms with E-state index in [4.69, 9.17) is 4.74 Å². The van der Waals surface area contributed by atoms with Gasteiger partial charge in [-0.25, -0.2) is 4.79 Å². The molecule has 1 amide bonds. The van der Waals surface area contributed by atoms with Crippen LogP contribution in [0.2, 0.25) is 0 Å². The zero-order chi connectivity index (χ0) is 13.8. The SMILES string of the molecule is CC1(C)OC(=O)C2=C1NC(=O)C[C@@H]2c1ccc(Br)s1. The molecule has 1 atom stereocenters. The van der Waals surface area contributed by atoms with Crippen LogP contribution in [-0.2, 0) is 14.3 Å². The van der Waals surface area contributed by atoms with E-state index in [1.165, 1.54) is 0 Å². The van der Waals surface area contributed by atoms with Gasteiger partial charge in [-0.05, 0) is 41.9 Å². The highest BCUT2D eigenvalue weighted by Gasteiger charge is 2.47. The molecule has 0 radical (unpaired) electrons. The molecule has 1 N–H and O–H groups in total. The molecule has 0 bridgehead atoms. The summed E-state index contributed by atoms with van der Waals surface area (Å²) in [6, 6.07) is 3.87. The summed E-state index contributed by atoms with van der Waals surface area (Å²) in [6.07, 6.45) is 0.289. The third kappa shape index (κ3) is 2.03. The van der Waals surface area contributed by atoms with Crippen LogP contribution >= 0.6 is 27.3 Å². The Bertz CT molecular complexity index is 617. The molecule has 4 nitrogen and oxygen atoms in total. The lowest BCUT2D eigenvalue weighted by Crippen LogP contribution is -2.38. The van der Waals surface area contributed by atoms with Gasteiger partial charge in [0.2, 0.25) is 5.91 Å². The monoisotopic (exact) mass is 341 g/mol. The first-order valence-corrected chi connectivity index (χ1v) is 7.52. The third-order valence-electron chi connectivity index (χ3n) is 3.38. The molecule has 19 heavy (non-hydrogen) atoms. The second-order valence-corrected chi connectivity index (χ2v) is 7.63. The summed E-state index contributed by atoms with van der Waals surface area (Å²) in [6.45, 7) is 3.58. The topological polar surface area (TPSA) is 55.4 Å². The van der Waals surface area contributed by atoms with Crippen molar-refractivity contribution in [1.29, 1.82) is 0 Å². The molecular weight excluding hydrogens is 330 g/mol. The van der Waals surface area contributed by atoms with Gasteiger partial charge in [-0.15, -0.1) is 11.3 Å². The summed E-state index contributed by atoms with van der Waals surface area (Å²) >= 11 is 4.95. The van der Waals surface area contributed by atoms with Gasteiger partial charge in [0.15, 0.2) is 0 Å². The number of cyclic esters (lactones) is 1. The van der Waals surface area contributed by atoms with Gasteiger partial charge in [0.05, 0.1) is 15.1 Å². The first kappa shape index (κ1) is 12.9. The number of nitrogens with one attached hydrogen (secondary N) is 1. The van der Waals surface area contributed by atoms with Crippen molar-refractivity contribution in [3.8, 4) is 0 Å². The Balaban J connectivity index is 2.12. The quantitative estimate of drug-likeness (QED) is 0.799. The maximum Gasteiger partial charge on any atom is 0.337 e. The van der Waals surface area contributed by atoms with E-state index in [1.807, 2.05) is 12.1 Å². The van der Waals surface area contributed by atoms with Crippen LogP contribution in [-0.4, -0.2) is 17.5 Å². The van der Waals surface area contributed by atoms with Crippen LogP contribution in [0.5, 0.6) is 0 Å². The molecule has 2 aliphatic heterocycles. The number of ether oxygens (including phenoxy) is 1. The van der Waals surface area contributed by atoms with Crippen molar-refractivity contribution in [3.63, 3.8) is 0 Å². The van der Waals surface area contributed by atoms with E-state index in [0.717, 1.165) is 8.66 Å². The molecule has 100 valence electrons. The molecular formula is C13H12BrNO3S. The first-order valence-electron chi connectivity index (χ1n) is 5.91. The number of carbonyl (C=O) groups excluding carboxylic acids is 2. The smallest absolute Gasteiger partial charge is 0.337 e. The Morgan fingerprint density at radius 3 is 2.79 bits per heavy atom. The minimum Gasteiger partial charge on any atom is -0.450 e. The summed E-state index contributed by atoms with van der Waals surface area (Å²) in [7, 11) is 0. The Labute approximate surface area is 123 Å². The lowest BCUT2D eigenvalue weighted by molar-refractivity contribution is -0.144. The molecule has 1 aromatic heterocycles. The predicted octanol–water partition coefficient (Wildman–Crippen LogP) is 2.70. The predicted molar refractivity (Wildman–Crippen MR) is 74.7 cm³/mol. The van der Waals surface area contributed by atoms with Gasteiger partial charge in [-0.2, -0.15) is 0 Å². The molecule has 6 heteroatoms. The second-order valence-electron chi connectivity index (χ2n) is 5.14. The third-order valence-corrected chi connectivity index (χ3v) is 5.12. The minimum absolute atomic E-state index is 0.0698. The van der Waals surface area contributed by atoms with Crippen molar-refractivity contribution in [2.75, 3.05) is 0 Å². The number of amides is 1. The molecule has 0 saturated heterocycles. The summed E-state index contributed by atoms with van der Waals surface area (Å²) in [5, 5.41) is 2.79.